The van der Waals surface area contributed by atoms with Crippen LogP contribution in [-0.2, 0) is 0 Å². The summed E-state index contributed by atoms with van der Waals surface area (Å²) in [5.74, 6) is 2.03. The largest absolute Gasteiger partial charge is 0.357 e. The lowest BCUT2D eigenvalue weighted by atomic mass is 9.96. The third kappa shape index (κ3) is 3.74. The van der Waals surface area contributed by atoms with E-state index >= 15 is 0 Å². The number of anilines is 2. The highest BCUT2D eigenvalue weighted by Gasteiger charge is 2.24. The number of nitrogens with zero attached hydrogens (tertiary/aromatic N) is 5. The minimum Gasteiger partial charge on any atom is -0.357 e. The van der Waals surface area contributed by atoms with Gasteiger partial charge in [-0.05, 0) is 56.3 Å². The molecular weight excluding hydrogens is 288 g/mol. The molecule has 3 rings (SSSR count). The summed E-state index contributed by atoms with van der Waals surface area (Å²) in [6.45, 7) is 5.83. The maximum absolute atomic E-state index is 5.95. The van der Waals surface area contributed by atoms with Crippen LogP contribution in [0.1, 0.15) is 25.7 Å². The molecule has 0 atom stereocenters. The van der Waals surface area contributed by atoms with E-state index in [2.05, 4.69) is 30.1 Å². The van der Waals surface area contributed by atoms with Gasteiger partial charge in [0, 0.05) is 26.7 Å². The van der Waals surface area contributed by atoms with Crippen LogP contribution in [-0.4, -0.2) is 59.6 Å². The molecule has 2 saturated heterocycles. The van der Waals surface area contributed by atoms with Crippen molar-refractivity contribution in [1.29, 1.82) is 0 Å². The molecule has 116 valence electrons. The summed E-state index contributed by atoms with van der Waals surface area (Å²) in [4.78, 5) is 17.5. The molecule has 0 spiro atoms. The highest BCUT2D eigenvalue weighted by molar-refractivity contribution is 6.28. The Morgan fingerprint density at radius 1 is 1.10 bits per heavy atom. The van der Waals surface area contributed by atoms with Crippen LogP contribution >= 0.6 is 11.6 Å². The lowest BCUT2D eigenvalue weighted by Gasteiger charge is -2.33. The number of aromatic nitrogens is 3. The van der Waals surface area contributed by atoms with Crippen LogP contribution in [0.25, 0.3) is 0 Å². The number of hydrogen-bond donors (Lipinski definition) is 1. The van der Waals surface area contributed by atoms with Crippen LogP contribution in [0.4, 0.5) is 11.9 Å². The molecule has 3 heterocycles. The second-order valence-corrected chi connectivity index (χ2v) is 6.25. The molecule has 0 radical (unpaired) electrons. The molecule has 21 heavy (non-hydrogen) atoms. The van der Waals surface area contributed by atoms with Gasteiger partial charge >= 0.3 is 0 Å². The summed E-state index contributed by atoms with van der Waals surface area (Å²) in [6.07, 6.45) is 5.15. The fourth-order valence-corrected chi connectivity index (χ4v) is 3.39. The zero-order valence-corrected chi connectivity index (χ0v) is 13.3. The first-order valence-electron chi connectivity index (χ1n) is 7.81. The molecule has 0 saturated carbocycles. The van der Waals surface area contributed by atoms with E-state index in [0.717, 1.165) is 19.0 Å². The topological polar surface area (TPSA) is 57.2 Å². The van der Waals surface area contributed by atoms with E-state index in [0.29, 0.717) is 11.9 Å². The maximum atomic E-state index is 5.95. The Morgan fingerprint density at radius 2 is 1.81 bits per heavy atom. The zero-order valence-electron chi connectivity index (χ0n) is 12.6. The van der Waals surface area contributed by atoms with Crippen molar-refractivity contribution in [2.24, 2.45) is 5.92 Å². The van der Waals surface area contributed by atoms with Gasteiger partial charge in [-0.1, -0.05) is 0 Å². The van der Waals surface area contributed by atoms with Crippen molar-refractivity contribution < 1.29 is 0 Å². The number of hydrogen-bond acceptors (Lipinski definition) is 6. The van der Waals surface area contributed by atoms with E-state index in [9.17, 15) is 0 Å². The molecular formula is C14H23ClN6. The molecule has 0 aliphatic carbocycles. The van der Waals surface area contributed by atoms with E-state index in [1.165, 1.54) is 45.3 Å². The molecule has 1 aromatic heterocycles. The molecule has 0 unspecified atom stereocenters. The molecule has 0 aromatic carbocycles. The van der Waals surface area contributed by atoms with Crippen molar-refractivity contribution in [1.82, 2.24) is 19.9 Å². The van der Waals surface area contributed by atoms with Crippen molar-refractivity contribution in [3.8, 4) is 0 Å². The van der Waals surface area contributed by atoms with Gasteiger partial charge in [0.1, 0.15) is 0 Å². The summed E-state index contributed by atoms with van der Waals surface area (Å²) in [5, 5.41) is 3.18. The molecule has 2 fully saturated rings. The van der Waals surface area contributed by atoms with E-state index in [1.807, 2.05) is 0 Å². The van der Waals surface area contributed by atoms with Crippen molar-refractivity contribution in [3.63, 3.8) is 0 Å². The van der Waals surface area contributed by atoms with Gasteiger partial charge in [-0.2, -0.15) is 15.0 Å². The standard InChI is InChI=1S/C14H23ClN6/c1-16-13-17-12(15)18-14(19-13)21-8-4-11(5-9-21)10-20-6-2-3-7-20/h11H,2-10H2,1H3,(H,16,17,18,19). The second kappa shape index (κ2) is 6.75. The Kier molecular flexibility index (Phi) is 4.75. The number of rotatable bonds is 4. The summed E-state index contributed by atoms with van der Waals surface area (Å²) in [7, 11) is 1.79. The SMILES string of the molecule is CNc1nc(Cl)nc(N2CCC(CN3CCCC3)CC2)n1. The van der Waals surface area contributed by atoms with Crippen LogP contribution < -0.4 is 10.2 Å². The first kappa shape index (κ1) is 14.8. The molecule has 0 amide bonds. The molecule has 6 nitrogen and oxygen atoms in total. The molecule has 0 bridgehead atoms. The van der Waals surface area contributed by atoms with Crippen molar-refractivity contribution >= 4 is 23.5 Å². The predicted molar refractivity (Wildman–Crippen MR) is 85.0 cm³/mol. The quantitative estimate of drug-likeness (QED) is 0.916. The fourth-order valence-electron chi connectivity index (χ4n) is 3.24. The van der Waals surface area contributed by atoms with Crippen molar-refractivity contribution in [2.75, 3.05) is 50.0 Å². The lowest BCUT2D eigenvalue weighted by Crippen LogP contribution is -2.39. The average molecular weight is 311 g/mol. The molecule has 2 aliphatic heterocycles. The minimum absolute atomic E-state index is 0.253. The Labute approximate surface area is 130 Å². The minimum atomic E-state index is 0.253. The average Bonchev–Trinajstić information content (AvgIpc) is 3.00. The van der Waals surface area contributed by atoms with Crippen LogP contribution in [0.2, 0.25) is 5.28 Å². The van der Waals surface area contributed by atoms with Gasteiger partial charge in [0.25, 0.3) is 0 Å². The number of piperidine rings is 1. The molecule has 2 aliphatic rings. The third-order valence-electron chi connectivity index (χ3n) is 4.43. The monoisotopic (exact) mass is 310 g/mol. The van der Waals surface area contributed by atoms with Gasteiger partial charge in [-0.15, -0.1) is 0 Å². The Balaban J connectivity index is 1.56. The molecule has 1 N–H and O–H groups in total. The lowest BCUT2D eigenvalue weighted by molar-refractivity contribution is 0.249. The van der Waals surface area contributed by atoms with Crippen LogP contribution in [0.15, 0.2) is 0 Å². The smallest absolute Gasteiger partial charge is 0.231 e. The van der Waals surface area contributed by atoms with Crippen LogP contribution in [0.5, 0.6) is 0 Å². The van der Waals surface area contributed by atoms with Gasteiger partial charge < -0.3 is 15.1 Å². The molecule has 7 heteroatoms. The Bertz CT molecular complexity index is 469. The Morgan fingerprint density at radius 3 is 2.48 bits per heavy atom. The predicted octanol–water partition coefficient (Wildman–Crippen LogP) is 1.88. The van der Waals surface area contributed by atoms with Crippen LogP contribution in [0.3, 0.4) is 0 Å². The third-order valence-corrected chi connectivity index (χ3v) is 4.60. The van der Waals surface area contributed by atoms with E-state index in [-0.39, 0.29) is 5.28 Å². The first-order chi connectivity index (χ1) is 10.2. The number of likely N-dealkylation sites (tertiary alicyclic amines) is 1. The first-order valence-corrected chi connectivity index (χ1v) is 8.19. The normalized spacial score (nSPS) is 21.0. The van der Waals surface area contributed by atoms with Gasteiger partial charge in [0.15, 0.2) is 0 Å². The fraction of sp³-hybridized carbons (Fsp3) is 0.786. The van der Waals surface area contributed by atoms with Gasteiger partial charge in [0.05, 0.1) is 0 Å². The zero-order chi connectivity index (χ0) is 14.7. The highest BCUT2D eigenvalue weighted by atomic mass is 35.5. The second-order valence-electron chi connectivity index (χ2n) is 5.92. The Hall–Kier alpha value is -1.14. The summed E-state index contributed by atoms with van der Waals surface area (Å²) >= 11 is 5.95. The van der Waals surface area contributed by atoms with E-state index in [4.69, 9.17) is 11.6 Å². The van der Waals surface area contributed by atoms with Gasteiger partial charge in [0.2, 0.25) is 17.2 Å². The van der Waals surface area contributed by atoms with Crippen molar-refractivity contribution in [3.05, 3.63) is 5.28 Å². The highest BCUT2D eigenvalue weighted by Crippen LogP contribution is 2.24. The van der Waals surface area contributed by atoms with E-state index in [1.54, 1.807) is 7.05 Å². The van der Waals surface area contributed by atoms with E-state index < -0.39 is 0 Å². The van der Waals surface area contributed by atoms with Gasteiger partial charge in [-0.25, -0.2) is 0 Å². The summed E-state index contributed by atoms with van der Waals surface area (Å²) in [5.41, 5.74) is 0. The maximum Gasteiger partial charge on any atom is 0.231 e. The summed E-state index contributed by atoms with van der Waals surface area (Å²) in [6, 6.07) is 0. The number of halogens is 1. The van der Waals surface area contributed by atoms with Crippen LogP contribution in [0, 0.1) is 5.92 Å². The summed E-state index contributed by atoms with van der Waals surface area (Å²) < 4.78 is 0. The van der Waals surface area contributed by atoms with Gasteiger partial charge in [-0.3, -0.25) is 0 Å². The molecule has 1 aromatic rings. The van der Waals surface area contributed by atoms with Crippen molar-refractivity contribution in [2.45, 2.75) is 25.7 Å². The number of nitrogens with one attached hydrogen (secondary N) is 1.